The summed E-state index contributed by atoms with van der Waals surface area (Å²) in [6.45, 7) is 4.00. The molecule has 7 atom stereocenters. The van der Waals surface area contributed by atoms with E-state index in [1.807, 2.05) is 16.4 Å². The number of thioether (sulfide) groups is 1. The summed E-state index contributed by atoms with van der Waals surface area (Å²) >= 11 is 1.45. The number of carboxylic acid groups (broad SMARTS) is 1. The van der Waals surface area contributed by atoms with Gasteiger partial charge in [-0.25, -0.2) is 9.59 Å². The standard InChI is InChI=1S/C22H26N3O7PS/c1-9-16-15(10(2)26)20(28)25(16)17(22(31)32-33)18(9)34-13-7-14(23-8-13)19(27)24-12-5-3-4-11(6-12)21(29)30/h3-6,9-10,13-16,23,26H,7-8,33H2,1-2H3,(H,24,27)(H,29,30)/t9?,10?,13?,14-,15?,16?/m0/s1. The van der Waals surface area contributed by atoms with Crippen LogP contribution in [0.15, 0.2) is 34.9 Å². The molecule has 2 amide bonds. The van der Waals surface area contributed by atoms with Gasteiger partial charge in [-0.1, -0.05) is 13.0 Å². The molecule has 10 nitrogen and oxygen atoms in total. The Labute approximate surface area is 202 Å². The molecule has 0 bridgehead atoms. The largest absolute Gasteiger partial charge is 0.478 e. The van der Waals surface area contributed by atoms with Crippen LogP contribution in [0.5, 0.6) is 0 Å². The van der Waals surface area contributed by atoms with Crippen LogP contribution in [0.1, 0.15) is 30.6 Å². The molecule has 0 aromatic heterocycles. The zero-order chi connectivity index (χ0) is 24.7. The van der Waals surface area contributed by atoms with Crippen LogP contribution in [0.3, 0.4) is 0 Å². The molecule has 34 heavy (non-hydrogen) atoms. The van der Waals surface area contributed by atoms with E-state index in [-0.39, 0.29) is 40.3 Å². The predicted octanol–water partition coefficient (Wildman–Crippen LogP) is 1.19. The molecule has 2 saturated heterocycles. The van der Waals surface area contributed by atoms with Crippen molar-refractivity contribution in [2.24, 2.45) is 11.8 Å². The average Bonchev–Trinajstić information content (AvgIpc) is 3.35. The van der Waals surface area contributed by atoms with Crippen molar-refractivity contribution in [3.8, 4) is 0 Å². The minimum absolute atomic E-state index is 0.0373. The summed E-state index contributed by atoms with van der Waals surface area (Å²) in [5.41, 5.74) is 0.682. The third kappa shape index (κ3) is 4.33. The number of aromatic carboxylic acids is 1. The third-order valence-corrected chi connectivity index (χ3v) is 8.21. The lowest BCUT2D eigenvalue weighted by atomic mass is 9.79. The molecule has 0 spiro atoms. The molecule has 182 valence electrons. The van der Waals surface area contributed by atoms with Crippen molar-refractivity contribution in [1.82, 2.24) is 10.2 Å². The first-order valence-corrected chi connectivity index (χ1v) is 12.2. The second kappa shape index (κ2) is 9.65. The summed E-state index contributed by atoms with van der Waals surface area (Å²) in [6, 6.07) is 5.23. The van der Waals surface area contributed by atoms with E-state index in [9.17, 15) is 24.3 Å². The highest BCUT2D eigenvalue weighted by atomic mass is 32.2. The summed E-state index contributed by atoms with van der Waals surface area (Å²) in [5.74, 6) is -3.01. The molecule has 12 heteroatoms. The number of hydrogen-bond donors (Lipinski definition) is 4. The monoisotopic (exact) mass is 507 g/mol. The molecule has 1 aromatic rings. The molecule has 3 aliphatic heterocycles. The maximum absolute atomic E-state index is 12.7. The van der Waals surface area contributed by atoms with E-state index >= 15 is 0 Å². The van der Waals surface area contributed by atoms with E-state index in [2.05, 4.69) is 10.6 Å². The molecule has 0 radical (unpaired) electrons. The van der Waals surface area contributed by atoms with Crippen LogP contribution in [-0.4, -0.2) is 68.8 Å². The normalized spacial score (nSPS) is 28.9. The minimum Gasteiger partial charge on any atom is -0.478 e. The van der Waals surface area contributed by atoms with Gasteiger partial charge in [-0.3, -0.25) is 9.59 Å². The second-order valence-corrected chi connectivity index (χ2v) is 10.3. The number of aliphatic hydroxyl groups is 1. The lowest BCUT2D eigenvalue weighted by Crippen LogP contribution is -2.63. The molecule has 3 aliphatic rings. The van der Waals surface area contributed by atoms with Gasteiger partial charge < -0.3 is 30.3 Å². The SMILES string of the molecule is CC(O)C1C(=O)N2C(C(=O)OP)=C(SC3CN[C@H](C(=O)Nc4cccc(C(=O)O)c4)C3)C(C)C12. The molecule has 2 fully saturated rings. The third-order valence-electron chi connectivity index (χ3n) is 6.49. The fourth-order valence-corrected chi connectivity index (χ4v) is 6.44. The molecule has 0 aliphatic carbocycles. The first kappa shape index (κ1) is 24.7. The topological polar surface area (TPSA) is 145 Å². The second-order valence-electron chi connectivity index (χ2n) is 8.68. The number of hydrogen-bond acceptors (Lipinski definition) is 8. The van der Waals surface area contributed by atoms with Crippen molar-refractivity contribution >= 4 is 50.7 Å². The molecule has 4 rings (SSSR count). The summed E-state index contributed by atoms with van der Waals surface area (Å²) in [6.07, 6.45) is -0.345. The van der Waals surface area contributed by atoms with Gasteiger partial charge in [0.1, 0.15) is 5.70 Å². The fraction of sp³-hybridized carbons (Fsp3) is 0.455. The first-order valence-electron chi connectivity index (χ1n) is 10.8. The Morgan fingerprint density at radius 3 is 2.74 bits per heavy atom. The number of amides is 2. The Morgan fingerprint density at radius 2 is 2.09 bits per heavy atom. The Hall–Kier alpha value is -2.46. The summed E-state index contributed by atoms with van der Waals surface area (Å²) < 4.78 is 4.85. The van der Waals surface area contributed by atoms with Gasteiger partial charge in [0.25, 0.3) is 0 Å². The lowest BCUT2D eigenvalue weighted by molar-refractivity contribution is -0.162. The number of aliphatic hydroxyl groups excluding tert-OH is 1. The van der Waals surface area contributed by atoms with Crippen LogP contribution in [0.25, 0.3) is 0 Å². The van der Waals surface area contributed by atoms with Crippen molar-refractivity contribution < 1.29 is 33.9 Å². The molecule has 4 N–H and O–H groups in total. The van der Waals surface area contributed by atoms with Gasteiger partial charge in [0, 0.05) is 28.3 Å². The number of carbonyl (C=O) groups excluding carboxylic acids is 3. The highest BCUT2D eigenvalue weighted by molar-refractivity contribution is 8.03. The predicted molar refractivity (Wildman–Crippen MR) is 128 cm³/mol. The van der Waals surface area contributed by atoms with Crippen LogP contribution in [-0.2, 0) is 18.9 Å². The lowest BCUT2D eigenvalue weighted by Gasteiger charge is -2.46. The molecule has 3 heterocycles. The van der Waals surface area contributed by atoms with E-state index < -0.39 is 30.0 Å². The summed E-state index contributed by atoms with van der Waals surface area (Å²) in [4.78, 5) is 51.2. The van der Waals surface area contributed by atoms with Gasteiger partial charge in [0.2, 0.25) is 11.8 Å². The van der Waals surface area contributed by atoms with Gasteiger partial charge in [0.05, 0.1) is 39.1 Å². The minimum atomic E-state index is -1.08. The van der Waals surface area contributed by atoms with Crippen molar-refractivity contribution in [3.63, 3.8) is 0 Å². The van der Waals surface area contributed by atoms with Gasteiger partial charge in [-0.15, -0.1) is 11.8 Å². The van der Waals surface area contributed by atoms with E-state index in [1.54, 1.807) is 19.1 Å². The Bertz CT molecular complexity index is 1080. The zero-order valence-electron chi connectivity index (χ0n) is 18.6. The van der Waals surface area contributed by atoms with Gasteiger partial charge in [-0.2, -0.15) is 0 Å². The Balaban J connectivity index is 1.45. The van der Waals surface area contributed by atoms with Gasteiger partial charge >= 0.3 is 11.9 Å². The molecule has 1 aromatic carbocycles. The van der Waals surface area contributed by atoms with Crippen LogP contribution in [0.2, 0.25) is 0 Å². The van der Waals surface area contributed by atoms with Crippen LogP contribution in [0, 0.1) is 11.8 Å². The number of rotatable bonds is 7. The number of nitrogens with one attached hydrogen (secondary N) is 2. The summed E-state index contributed by atoms with van der Waals surface area (Å²) in [5, 5.41) is 25.0. The smallest absolute Gasteiger partial charge is 0.358 e. The number of fused-ring (bicyclic) bond motifs is 1. The molecule has 6 unspecified atom stereocenters. The van der Waals surface area contributed by atoms with Crippen LogP contribution >= 0.6 is 21.2 Å². The highest BCUT2D eigenvalue weighted by Gasteiger charge is 2.60. The first-order chi connectivity index (χ1) is 16.1. The van der Waals surface area contributed by atoms with E-state index in [1.165, 1.54) is 28.8 Å². The molecular weight excluding hydrogens is 481 g/mol. The van der Waals surface area contributed by atoms with Crippen molar-refractivity contribution in [1.29, 1.82) is 0 Å². The fourth-order valence-electron chi connectivity index (χ4n) is 4.86. The van der Waals surface area contributed by atoms with E-state index in [0.29, 0.717) is 18.7 Å². The van der Waals surface area contributed by atoms with Gasteiger partial charge in [-0.05, 0) is 31.5 Å². The van der Waals surface area contributed by atoms with Crippen LogP contribution in [0.4, 0.5) is 5.69 Å². The molecular formula is C22H26N3O7PS. The average molecular weight is 508 g/mol. The van der Waals surface area contributed by atoms with E-state index in [4.69, 9.17) is 9.63 Å². The quantitative estimate of drug-likeness (QED) is 0.316. The number of β-lactam (4-membered cyclic amide) rings is 1. The van der Waals surface area contributed by atoms with Crippen molar-refractivity contribution in [3.05, 3.63) is 40.4 Å². The Morgan fingerprint density at radius 1 is 1.35 bits per heavy atom. The Kier molecular flexibility index (Phi) is 7.00. The molecule has 0 saturated carbocycles. The highest BCUT2D eigenvalue weighted by Crippen LogP contribution is 2.52. The number of nitrogens with zero attached hydrogens (tertiary/aromatic N) is 1. The zero-order valence-corrected chi connectivity index (χ0v) is 20.5. The number of carboxylic acids is 1. The maximum atomic E-state index is 12.7. The number of benzene rings is 1. The van der Waals surface area contributed by atoms with Crippen molar-refractivity contribution in [2.45, 2.75) is 43.7 Å². The van der Waals surface area contributed by atoms with Crippen LogP contribution < -0.4 is 10.6 Å². The van der Waals surface area contributed by atoms with Crippen molar-refractivity contribution in [2.75, 3.05) is 11.9 Å². The van der Waals surface area contributed by atoms with Gasteiger partial charge in [0.15, 0.2) is 0 Å². The summed E-state index contributed by atoms with van der Waals surface area (Å²) in [7, 11) is 1.91. The number of anilines is 1. The van der Waals surface area contributed by atoms with E-state index in [0.717, 1.165) is 4.91 Å². The maximum Gasteiger partial charge on any atom is 0.358 e. The number of carbonyl (C=O) groups is 4.